The van der Waals surface area contributed by atoms with Crippen LogP contribution in [0, 0.1) is 0 Å². The van der Waals surface area contributed by atoms with E-state index in [0.29, 0.717) is 5.82 Å². The zero-order valence-electron chi connectivity index (χ0n) is 26.7. The second-order valence-corrected chi connectivity index (χ2v) is 12.0. The zero-order chi connectivity index (χ0) is 32.6. The Hall–Kier alpha value is -6.33. The third-order valence-corrected chi connectivity index (χ3v) is 9.02. The summed E-state index contributed by atoms with van der Waals surface area (Å²) in [7, 11) is 3.64. The molecular weight excluding hydrogens is 589 g/mol. The van der Waals surface area contributed by atoms with Crippen LogP contribution < -0.4 is 5.69 Å². The van der Waals surface area contributed by atoms with Crippen molar-refractivity contribution in [2.75, 3.05) is 0 Å². The van der Waals surface area contributed by atoms with Crippen LogP contribution in [0.25, 0.3) is 78.3 Å². The van der Waals surface area contributed by atoms with Gasteiger partial charge in [0.25, 0.3) is 0 Å². The lowest BCUT2D eigenvalue weighted by Crippen LogP contribution is -2.19. The molecule has 0 aliphatic rings. The highest BCUT2D eigenvalue weighted by molar-refractivity contribution is 5.93. The number of hydrogen-bond donors (Lipinski definition) is 0. The number of aryl methyl sites for hydroxylation is 2. The van der Waals surface area contributed by atoms with Gasteiger partial charge in [-0.3, -0.25) is 9.13 Å². The van der Waals surface area contributed by atoms with Gasteiger partial charge in [0.05, 0.1) is 22.4 Å². The first kappa shape index (κ1) is 29.1. The fourth-order valence-electron chi connectivity index (χ4n) is 6.43. The third kappa shape index (κ3) is 5.31. The minimum absolute atomic E-state index is 0.0263. The lowest BCUT2D eigenvalue weighted by molar-refractivity contribution is 0.795. The third-order valence-electron chi connectivity index (χ3n) is 9.02. The molecule has 0 radical (unpaired) electrons. The average molecular weight is 621 g/mol. The van der Waals surface area contributed by atoms with Crippen LogP contribution in [0.1, 0.15) is 0 Å². The van der Waals surface area contributed by atoms with Crippen LogP contribution in [0.15, 0.2) is 163 Å². The fourth-order valence-corrected chi connectivity index (χ4v) is 6.43. The average Bonchev–Trinajstić information content (AvgIpc) is 3.39. The predicted octanol–water partition coefficient (Wildman–Crippen LogP) is 9.67. The van der Waals surface area contributed by atoms with Crippen molar-refractivity contribution in [2.24, 2.45) is 14.1 Å². The number of para-hydroxylation sites is 1. The lowest BCUT2D eigenvalue weighted by Gasteiger charge is -2.11. The van der Waals surface area contributed by atoms with Gasteiger partial charge in [-0.15, -0.1) is 0 Å². The molecule has 0 aliphatic heterocycles. The van der Waals surface area contributed by atoms with Crippen molar-refractivity contribution < 1.29 is 0 Å². The molecule has 2 heterocycles. The molecule has 0 spiro atoms. The molecular formula is C43H32N4O. The molecule has 0 amide bonds. The van der Waals surface area contributed by atoms with E-state index in [0.717, 1.165) is 66.9 Å². The van der Waals surface area contributed by atoms with E-state index >= 15 is 0 Å². The van der Waals surface area contributed by atoms with E-state index in [-0.39, 0.29) is 5.69 Å². The molecule has 0 N–H and O–H groups in total. The molecule has 0 fully saturated rings. The second-order valence-electron chi connectivity index (χ2n) is 12.0. The van der Waals surface area contributed by atoms with Gasteiger partial charge in [-0.25, -0.2) is 14.8 Å². The summed E-state index contributed by atoms with van der Waals surface area (Å²) in [6, 6.07) is 54.3. The first-order chi connectivity index (χ1) is 23.5. The van der Waals surface area contributed by atoms with Crippen LogP contribution in [0.3, 0.4) is 0 Å². The van der Waals surface area contributed by atoms with Crippen molar-refractivity contribution in [3.05, 3.63) is 168 Å². The molecule has 5 nitrogen and oxygen atoms in total. The highest BCUT2D eigenvalue weighted by atomic mass is 16.1. The minimum atomic E-state index is -0.0263. The van der Waals surface area contributed by atoms with Crippen LogP contribution in [0.2, 0.25) is 0 Å². The number of fused-ring (bicyclic) bond motifs is 1. The fraction of sp³-hybridized carbons (Fsp3) is 0.0465. The molecule has 0 aliphatic carbocycles. The summed E-state index contributed by atoms with van der Waals surface area (Å²) in [5.74, 6) is 0.693. The van der Waals surface area contributed by atoms with Gasteiger partial charge in [0.1, 0.15) is 0 Å². The largest absolute Gasteiger partial charge is 0.328 e. The van der Waals surface area contributed by atoms with Crippen LogP contribution in [-0.4, -0.2) is 19.1 Å². The first-order valence-corrected chi connectivity index (χ1v) is 16.0. The van der Waals surface area contributed by atoms with Gasteiger partial charge in [0.15, 0.2) is 5.82 Å². The Kier molecular flexibility index (Phi) is 7.35. The number of nitrogens with zero attached hydrogens (tertiary/aromatic N) is 4. The van der Waals surface area contributed by atoms with Gasteiger partial charge in [0.2, 0.25) is 0 Å². The quantitative estimate of drug-likeness (QED) is 0.186. The van der Waals surface area contributed by atoms with Crippen LogP contribution in [0.4, 0.5) is 0 Å². The number of aromatic nitrogens is 4. The topological polar surface area (TPSA) is 52.7 Å². The maximum Gasteiger partial charge on any atom is 0.328 e. The van der Waals surface area contributed by atoms with Gasteiger partial charge < -0.3 is 0 Å². The summed E-state index contributed by atoms with van der Waals surface area (Å²) in [6.07, 6.45) is 0. The molecule has 0 saturated heterocycles. The molecule has 230 valence electrons. The number of imidazole rings is 1. The van der Waals surface area contributed by atoms with E-state index in [9.17, 15) is 4.79 Å². The molecule has 0 atom stereocenters. The lowest BCUT2D eigenvalue weighted by atomic mass is 9.98. The van der Waals surface area contributed by atoms with E-state index in [1.54, 1.807) is 9.13 Å². The Morgan fingerprint density at radius 3 is 1.58 bits per heavy atom. The van der Waals surface area contributed by atoms with Crippen LogP contribution >= 0.6 is 0 Å². The zero-order valence-corrected chi connectivity index (χ0v) is 26.7. The summed E-state index contributed by atoms with van der Waals surface area (Å²) in [6.45, 7) is 0. The minimum Gasteiger partial charge on any atom is -0.295 e. The number of benzene rings is 6. The van der Waals surface area contributed by atoms with Crippen LogP contribution in [-0.2, 0) is 14.1 Å². The van der Waals surface area contributed by atoms with Crippen molar-refractivity contribution in [2.45, 2.75) is 0 Å². The van der Waals surface area contributed by atoms with Crippen molar-refractivity contribution in [1.29, 1.82) is 0 Å². The molecule has 6 aromatic carbocycles. The Labute approximate surface area is 279 Å². The Morgan fingerprint density at radius 1 is 0.417 bits per heavy atom. The SMILES string of the molecule is Cn1c(=O)n(C)c2c(-c3ccc(-c4ccc(-c5cc(-c6cccc(-c7ccccc7)c6)nc(-c6ccccc6)n5)cc4)cc3)cccc21. The van der Waals surface area contributed by atoms with Gasteiger partial charge in [-0.05, 0) is 46.0 Å². The van der Waals surface area contributed by atoms with E-state index in [1.165, 1.54) is 5.56 Å². The Balaban J connectivity index is 1.14. The molecule has 0 saturated carbocycles. The first-order valence-electron chi connectivity index (χ1n) is 16.0. The second kappa shape index (κ2) is 12.1. The summed E-state index contributed by atoms with van der Waals surface area (Å²) in [5, 5.41) is 0. The Morgan fingerprint density at radius 2 is 0.917 bits per heavy atom. The van der Waals surface area contributed by atoms with Crippen molar-refractivity contribution in [3.63, 3.8) is 0 Å². The molecule has 8 rings (SSSR count). The standard InChI is InChI=1S/C43H32N4O/c1-46-40-18-10-17-37(41(40)47(2)43(46)48)32-23-19-30(20-24-32)31-21-25-33(26-22-31)38-28-39(45-42(44-38)34-13-7-4-8-14-34)36-16-9-15-35(27-36)29-11-5-3-6-12-29/h3-28H,1-2H3. The molecule has 5 heteroatoms. The summed E-state index contributed by atoms with van der Waals surface area (Å²) >= 11 is 0. The maximum absolute atomic E-state index is 12.6. The van der Waals surface area contributed by atoms with Crippen molar-refractivity contribution >= 4 is 11.0 Å². The number of hydrogen-bond acceptors (Lipinski definition) is 3. The molecule has 8 aromatic rings. The van der Waals surface area contributed by atoms with E-state index in [2.05, 4.69) is 109 Å². The smallest absolute Gasteiger partial charge is 0.295 e. The normalized spacial score (nSPS) is 11.2. The summed E-state index contributed by atoms with van der Waals surface area (Å²) < 4.78 is 3.42. The van der Waals surface area contributed by atoms with Crippen molar-refractivity contribution in [1.82, 2.24) is 19.1 Å². The summed E-state index contributed by atoms with van der Waals surface area (Å²) in [4.78, 5) is 22.7. The predicted molar refractivity (Wildman–Crippen MR) is 196 cm³/mol. The highest BCUT2D eigenvalue weighted by Crippen LogP contribution is 2.33. The van der Waals surface area contributed by atoms with Gasteiger partial charge in [0, 0.05) is 36.3 Å². The van der Waals surface area contributed by atoms with E-state index in [4.69, 9.17) is 9.97 Å². The molecule has 0 unspecified atom stereocenters. The monoisotopic (exact) mass is 620 g/mol. The van der Waals surface area contributed by atoms with E-state index < -0.39 is 0 Å². The Bertz CT molecular complexity index is 2460. The van der Waals surface area contributed by atoms with Gasteiger partial charge in [-0.2, -0.15) is 0 Å². The molecule has 2 aromatic heterocycles. The molecule has 0 bridgehead atoms. The highest BCUT2D eigenvalue weighted by Gasteiger charge is 2.14. The maximum atomic E-state index is 12.6. The molecule has 48 heavy (non-hydrogen) atoms. The number of rotatable bonds is 6. The van der Waals surface area contributed by atoms with E-state index in [1.807, 2.05) is 62.6 Å². The van der Waals surface area contributed by atoms with Crippen molar-refractivity contribution in [3.8, 4) is 67.3 Å². The summed E-state index contributed by atoms with van der Waals surface area (Å²) in [5.41, 5.74) is 13.3. The van der Waals surface area contributed by atoms with Gasteiger partial charge in [-0.1, -0.05) is 140 Å². The van der Waals surface area contributed by atoms with Crippen LogP contribution in [0.5, 0.6) is 0 Å². The van der Waals surface area contributed by atoms with Gasteiger partial charge >= 0.3 is 5.69 Å².